The number of fused-ring (bicyclic) bond motifs is 1. The molecule has 0 aromatic heterocycles. The van der Waals surface area contributed by atoms with Crippen LogP contribution in [-0.2, 0) is 14.4 Å². The largest absolute Gasteiger partial charge is 0.497 e. The second kappa shape index (κ2) is 8.05. The van der Waals surface area contributed by atoms with Crippen LogP contribution < -0.4 is 4.74 Å². The van der Waals surface area contributed by atoms with Crippen LogP contribution in [0.1, 0.15) is 37.8 Å². The lowest BCUT2D eigenvalue weighted by molar-refractivity contribution is -0.132. The van der Waals surface area contributed by atoms with Crippen molar-refractivity contribution >= 4 is 17.7 Å². The van der Waals surface area contributed by atoms with Gasteiger partial charge in [0.25, 0.3) is 0 Å². The molecule has 0 radical (unpaired) electrons. The van der Waals surface area contributed by atoms with Gasteiger partial charge in [0, 0.05) is 64.3 Å². The highest BCUT2D eigenvalue weighted by Crippen LogP contribution is 2.45. The number of carbonyl (C=O) groups excluding carboxylic acids is 3. The number of amides is 3. The van der Waals surface area contributed by atoms with Crippen molar-refractivity contribution in [2.24, 2.45) is 11.8 Å². The molecule has 3 fully saturated rings. The third-order valence-corrected chi connectivity index (χ3v) is 6.65. The summed E-state index contributed by atoms with van der Waals surface area (Å²) in [7, 11) is 1.64. The minimum atomic E-state index is -0.0126. The quantitative estimate of drug-likeness (QED) is 0.756. The molecule has 1 aromatic carbocycles. The van der Waals surface area contributed by atoms with Crippen molar-refractivity contribution in [3.8, 4) is 5.75 Å². The predicted molar refractivity (Wildman–Crippen MR) is 107 cm³/mol. The van der Waals surface area contributed by atoms with Crippen LogP contribution in [0.4, 0.5) is 0 Å². The second-order valence-electron chi connectivity index (χ2n) is 8.35. The first-order valence-corrected chi connectivity index (χ1v) is 10.4. The molecule has 3 atom stereocenters. The molecule has 0 saturated carbocycles. The summed E-state index contributed by atoms with van der Waals surface area (Å²) < 4.78 is 5.26. The van der Waals surface area contributed by atoms with Crippen LogP contribution in [0.15, 0.2) is 24.3 Å². The number of hydrogen-bond acceptors (Lipinski definition) is 4. The van der Waals surface area contributed by atoms with Crippen LogP contribution in [-0.4, -0.2) is 72.3 Å². The second-order valence-corrected chi connectivity index (χ2v) is 8.35. The maximum absolute atomic E-state index is 12.8. The topological polar surface area (TPSA) is 70.2 Å². The van der Waals surface area contributed by atoms with Crippen LogP contribution >= 0.6 is 0 Å². The zero-order chi connectivity index (χ0) is 20.5. The van der Waals surface area contributed by atoms with E-state index in [4.69, 9.17) is 4.74 Å². The minimum absolute atomic E-state index is 0.0126. The number of ether oxygens (including phenoxy) is 1. The van der Waals surface area contributed by atoms with Gasteiger partial charge in [0.15, 0.2) is 0 Å². The first-order chi connectivity index (χ1) is 14.0. The van der Waals surface area contributed by atoms with Gasteiger partial charge in [-0.3, -0.25) is 14.4 Å². The Kier molecular flexibility index (Phi) is 5.48. The van der Waals surface area contributed by atoms with Crippen molar-refractivity contribution < 1.29 is 19.1 Å². The highest BCUT2D eigenvalue weighted by molar-refractivity contribution is 5.80. The van der Waals surface area contributed by atoms with Crippen molar-refractivity contribution in [3.05, 3.63) is 29.8 Å². The first kappa shape index (κ1) is 19.7. The molecular weight excluding hydrogens is 370 g/mol. The van der Waals surface area contributed by atoms with Crippen LogP contribution in [0, 0.1) is 11.8 Å². The molecule has 7 nitrogen and oxygen atoms in total. The molecule has 0 spiro atoms. The molecule has 3 saturated heterocycles. The molecule has 0 unspecified atom stereocenters. The minimum Gasteiger partial charge on any atom is -0.497 e. The van der Waals surface area contributed by atoms with Crippen LogP contribution in [0.5, 0.6) is 5.75 Å². The van der Waals surface area contributed by atoms with Crippen molar-refractivity contribution in [2.75, 3.05) is 39.8 Å². The maximum atomic E-state index is 12.8. The van der Waals surface area contributed by atoms with Gasteiger partial charge in [-0.1, -0.05) is 12.1 Å². The molecule has 3 heterocycles. The van der Waals surface area contributed by atoms with E-state index >= 15 is 0 Å². The number of carbonyl (C=O) groups is 3. The molecule has 0 N–H and O–H groups in total. The van der Waals surface area contributed by atoms with Gasteiger partial charge in [-0.25, -0.2) is 0 Å². The van der Waals surface area contributed by atoms with Crippen LogP contribution in [0.25, 0.3) is 0 Å². The first-order valence-electron chi connectivity index (χ1n) is 10.4. The van der Waals surface area contributed by atoms with E-state index in [0.29, 0.717) is 44.9 Å². The monoisotopic (exact) mass is 399 g/mol. The highest BCUT2D eigenvalue weighted by Gasteiger charge is 2.49. The van der Waals surface area contributed by atoms with E-state index in [1.165, 1.54) is 0 Å². The molecule has 0 aliphatic carbocycles. The molecule has 3 amide bonds. The van der Waals surface area contributed by atoms with Crippen molar-refractivity contribution in [3.63, 3.8) is 0 Å². The number of methoxy groups -OCH3 is 1. The summed E-state index contributed by atoms with van der Waals surface area (Å²) in [6, 6.07) is 7.87. The van der Waals surface area contributed by atoms with Gasteiger partial charge in [0.1, 0.15) is 5.75 Å². The van der Waals surface area contributed by atoms with E-state index < -0.39 is 0 Å². The summed E-state index contributed by atoms with van der Waals surface area (Å²) in [5.41, 5.74) is 1.09. The lowest BCUT2D eigenvalue weighted by Gasteiger charge is -2.29. The summed E-state index contributed by atoms with van der Waals surface area (Å²) in [6.07, 6.45) is 1.88. The van der Waals surface area contributed by atoms with Crippen molar-refractivity contribution in [1.29, 1.82) is 0 Å². The Hall–Kier alpha value is -2.57. The average Bonchev–Trinajstić information content (AvgIpc) is 3.40. The van der Waals surface area contributed by atoms with E-state index in [2.05, 4.69) is 0 Å². The van der Waals surface area contributed by atoms with Gasteiger partial charge >= 0.3 is 0 Å². The van der Waals surface area contributed by atoms with Gasteiger partial charge in [0.05, 0.1) is 13.2 Å². The van der Waals surface area contributed by atoms with E-state index in [0.717, 1.165) is 24.3 Å². The van der Waals surface area contributed by atoms with Crippen molar-refractivity contribution in [2.45, 2.75) is 32.2 Å². The van der Waals surface area contributed by atoms with E-state index in [1.807, 2.05) is 34.1 Å². The van der Waals surface area contributed by atoms with E-state index in [-0.39, 0.29) is 29.7 Å². The number of likely N-dealkylation sites (tertiary alicyclic amines) is 3. The molecule has 29 heavy (non-hydrogen) atoms. The summed E-state index contributed by atoms with van der Waals surface area (Å²) >= 11 is 0. The Labute approximate surface area is 171 Å². The smallest absolute Gasteiger partial charge is 0.224 e. The van der Waals surface area contributed by atoms with Gasteiger partial charge < -0.3 is 19.4 Å². The summed E-state index contributed by atoms with van der Waals surface area (Å²) in [6.45, 7) is 4.94. The third kappa shape index (κ3) is 3.82. The Morgan fingerprint density at radius 2 is 1.90 bits per heavy atom. The number of nitrogens with zero attached hydrogens (tertiary/aromatic N) is 3. The molecule has 156 valence electrons. The van der Waals surface area contributed by atoms with Gasteiger partial charge in [0.2, 0.25) is 17.7 Å². The standard InChI is InChI=1S/C22H29N3O4/c1-15(26)25-13-17-12-24(21(28)9-11-23-10-3-4-20(23)27)14-19(17)22(25)16-5-7-18(29-2)8-6-16/h5-8,17,19,22H,3-4,9-14H2,1-2H3/t17-,19-,22+/m1/s1. The molecule has 4 rings (SSSR count). The van der Waals surface area contributed by atoms with Gasteiger partial charge in [-0.15, -0.1) is 0 Å². The maximum Gasteiger partial charge on any atom is 0.224 e. The highest BCUT2D eigenvalue weighted by atomic mass is 16.5. The SMILES string of the molecule is COc1ccc([C@H]2[C@@H]3CN(C(=O)CCN4CCCC4=O)C[C@@H]3CN2C(C)=O)cc1. The van der Waals surface area contributed by atoms with Gasteiger partial charge in [-0.2, -0.15) is 0 Å². The van der Waals surface area contributed by atoms with E-state index in [9.17, 15) is 14.4 Å². The average molecular weight is 399 g/mol. The number of hydrogen-bond donors (Lipinski definition) is 0. The Morgan fingerprint density at radius 3 is 2.52 bits per heavy atom. The Morgan fingerprint density at radius 1 is 1.14 bits per heavy atom. The molecule has 3 aliphatic rings. The number of rotatable bonds is 5. The predicted octanol–water partition coefficient (Wildman–Crippen LogP) is 1.69. The normalized spacial score (nSPS) is 26.2. The zero-order valence-corrected chi connectivity index (χ0v) is 17.2. The molecule has 7 heteroatoms. The molecule has 0 bridgehead atoms. The Balaban J connectivity index is 1.44. The fourth-order valence-electron chi connectivity index (χ4n) is 5.13. The molecule has 1 aromatic rings. The summed E-state index contributed by atoms with van der Waals surface area (Å²) in [5, 5.41) is 0. The summed E-state index contributed by atoms with van der Waals surface area (Å²) in [4.78, 5) is 42.5. The number of benzene rings is 1. The van der Waals surface area contributed by atoms with Crippen LogP contribution in [0.3, 0.4) is 0 Å². The summed E-state index contributed by atoms with van der Waals surface area (Å²) in [5.74, 6) is 1.67. The lowest BCUT2D eigenvalue weighted by Crippen LogP contribution is -2.38. The zero-order valence-electron chi connectivity index (χ0n) is 17.2. The van der Waals surface area contributed by atoms with Gasteiger partial charge in [-0.05, 0) is 24.1 Å². The van der Waals surface area contributed by atoms with Crippen LogP contribution in [0.2, 0.25) is 0 Å². The Bertz CT molecular complexity index is 794. The fourth-order valence-corrected chi connectivity index (χ4v) is 5.13. The fraction of sp³-hybridized carbons (Fsp3) is 0.591. The van der Waals surface area contributed by atoms with E-state index in [1.54, 1.807) is 18.9 Å². The third-order valence-electron chi connectivity index (χ3n) is 6.65. The van der Waals surface area contributed by atoms with Crippen molar-refractivity contribution in [1.82, 2.24) is 14.7 Å². The molecular formula is C22H29N3O4. The molecule has 3 aliphatic heterocycles. The lowest BCUT2D eigenvalue weighted by atomic mass is 9.89.